The smallest absolute Gasteiger partial charge is 0.262 e. The Labute approximate surface area is 267 Å². The molecular formula is C37H36N6O3. The first-order valence-electron chi connectivity index (χ1n) is 16.1. The first-order chi connectivity index (χ1) is 22.4. The zero-order chi connectivity index (χ0) is 31.4. The van der Waals surface area contributed by atoms with Crippen molar-refractivity contribution in [3.8, 4) is 28.3 Å². The van der Waals surface area contributed by atoms with Crippen LogP contribution < -0.4 is 15.4 Å². The molecule has 4 heterocycles. The maximum atomic E-state index is 13.9. The number of piperidine rings is 1. The van der Waals surface area contributed by atoms with Gasteiger partial charge in [0.1, 0.15) is 24.3 Å². The van der Waals surface area contributed by atoms with Gasteiger partial charge in [0.25, 0.3) is 11.8 Å². The summed E-state index contributed by atoms with van der Waals surface area (Å²) in [5.74, 6) is 1.23. The number of rotatable bonds is 5. The summed E-state index contributed by atoms with van der Waals surface area (Å²) in [7, 11) is 0. The van der Waals surface area contributed by atoms with Crippen LogP contribution in [0.1, 0.15) is 63.4 Å². The van der Waals surface area contributed by atoms with Crippen molar-refractivity contribution in [3.63, 3.8) is 0 Å². The van der Waals surface area contributed by atoms with Crippen molar-refractivity contribution < 1.29 is 14.3 Å². The van der Waals surface area contributed by atoms with Gasteiger partial charge in [-0.15, -0.1) is 0 Å². The van der Waals surface area contributed by atoms with E-state index in [9.17, 15) is 9.59 Å². The summed E-state index contributed by atoms with van der Waals surface area (Å²) in [4.78, 5) is 43.3. The number of nitrogens with zero attached hydrogens (tertiary/aromatic N) is 4. The molecule has 1 atom stereocenters. The van der Waals surface area contributed by atoms with Gasteiger partial charge in [0.2, 0.25) is 0 Å². The summed E-state index contributed by atoms with van der Waals surface area (Å²) in [5.41, 5.74) is 14.6. The second kappa shape index (κ2) is 11.4. The van der Waals surface area contributed by atoms with Crippen LogP contribution in [0.5, 0.6) is 5.75 Å². The topological polar surface area (TPSA) is 117 Å². The molecule has 2 aliphatic heterocycles. The Kier molecular flexibility index (Phi) is 7.06. The van der Waals surface area contributed by atoms with Gasteiger partial charge in [-0.1, -0.05) is 30.3 Å². The van der Waals surface area contributed by atoms with E-state index in [0.29, 0.717) is 48.1 Å². The number of carbonyl (C=O) groups excluding carboxylic acids is 2. The molecule has 46 heavy (non-hydrogen) atoms. The van der Waals surface area contributed by atoms with Crippen LogP contribution in [0.4, 0.5) is 5.69 Å². The van der Waals surface area contributed by atoms with E-state index in [1.54, 1.807) is 6.33 Å². The van der Waals surface area contributed by atoms with E-state index in [4.69, 9.17) is 15.5 Å². The quantitative estimate of drug-likeness (QED) is 0.249. The molecule has 8 rings (SSSR count). The molecular weight excluding hydrogens is 576 g/mol. The number of aromatic amines is 1. The number of anilines is 1. The van der Waals surface area contributed by atoms with Crippen LogP contribution in [-0.4, -0.2) is 63.9 Å². The minimum atomic E-state index is -0.0584. The van der Waals surface area contributed by atoms with Crippen LogP contribution in [0.2, 0.25) is 0 Å². The predicted molar refractivity (Wildman–Crippen MR) is 178 cm³/mol. The van der Waals surface area contributed by atoms with Crippen LogP contribution in [0.15, 0.2) is 73.1 Å². The van der Waals surface area contributed by atoms with Crippen molar-refractivity contribution in [1.82, 2.24) is 19.9 Å². The van der Waals surface area contributed by atoms with Gasteiger partial charge in [-0.05, 0) is 91.6 Å². The van der Waals surface area contributed by atoms with Gasteiger partial charge in [0.05, 0.1) is 17.8 Å². The average molecular weight is 613 g/mol. The second-order valence-corrected chi connectivity index (χ2v) is 12.7. The number of benzene rings is 3. The highest BCUT2D eigenvalue weighted by Gasteiger charge is 2.30. The van der Waals surface area contributed by atoms with Gasteiger partial charge in [0, 0.05) is 47.0 Å². The van der Waals surface area contributed by atoms with Crippen molar-refractivity contribution in [2.45, 2.75) is 44.6 Å². The van der Waals surface area contributed by atoms with Crippen LogP contribution in [-0.2, 0) is 0 Å². The minimum absolute atomic E-state index is 0.0165. The number of nitrogens with one attached hydrogen (secondary N) is 1. The first kappa shape index (κ1) is 28.5. The molecule has 0 bridgehead atoms. The Bertz CT molecular complexity index is 1980. The second-order valence-electron chi connectivity index (χ2n) is 12.7. The van der Waals surface area contributed by atoms with E-state index in [2.05, 4.69) is 28.2 Å². The third-order valence-electron chi connectivity index (χ3n) is 9.57. The van der Waals surface area contributed by atoms with Gasteiger partial charge >= 0.3 is 0 Å². The molecule has 2 aromatic heterocycles. The van der Waals surface area contributed by atoms with E-state index in [1.165, 1.54) is 18.4 Å². The van der Waals surface area contributed by atoms with Crippen LogP contribution in [0.3, 0.4) is 0 Å². The van der Waals surface area contributed by atoms with Gasteiger partial charge in [0.15, 0.2) is 0 Å². The lowest BCUT2D eigenvalue weighted by molar-refractivity contribution is 0.0708. The molecule has 0 spiro atoms. The highest BCUT2D eigenvalue weighted by molar-refractivity contribution is 6.09. The first-order valence-corrected chi connectivity index (χ1v) is 16.1. The highest BCUT2D eigenvalue weighted by atomic mass is 16.5. The normalized spacial score (nSPS) is 18.3. The molecule has 3 aliphatic rings. The molecule has 1 aliphatic carbocycles. The molecule has 1 unspecified atom stereocenters. The SMILES string of the molecule is Cc1c(-c2ncnc3[nH]c(-c4ccc(C(=O)N5CCCC(N)C5)cc4)cc23)cccc1N1CCOc2cc(C3CC3)ccc2C1=O. The minimum Gasteiger partial charge on any atom is -0.491 e. The summed E-state index contributed by atoms with van der Waals surface area (Å²) in [6.45, 7) is 4.25. The number of hydrogen-bond acceptors (Lipinski definition) is 6. The molecule has 3 aromatic carbocycles. The molecule has 232 valence electrons. The number of amides is 2. The molecule has 3 N–H and O–H groups in total. The Hall–Kier alpha value is -5.02. The van der Waals surface area contributed by atoms with Crippen LogP contribution in [0, 0.1) is 6.92 Å². The third-order valence-corrected chi connectivity index (χ3v) is 9.57. The number of hydrogen-bond donors (Lipinski definition) is 2. The van der Waals surface area contributed by atoms with E-state index < -0.39 is 0 Å². The summed E-state index contributed by atoms with van der Waals surface area (Å²) < 4.78 is 6.09. The standard InChI is InChI=1S/C37H36N6O3/c1-22-28(5-2-6-32(22)43-16-17-46-33-18-26(23-7-8-23)13-14-29(33)37(43)45)34-30-19-31(41-35(30)40-21-39-34)24-9-11-25(12-10-24)36(44)42-15-3-4-27(38)20-42/h2,5-6,9-14,18-19,21,23,27H,3-4,7-8,15-17,20,38H2,1H3,(H,39,40,41). The average Bonchev–Trinajstić information content (AvgIpc) is 3.86. The number of fused-ring (bicyclic) bond motifs is 2. The summed E-state index contributed by atoms with van der Waals surface area (Å²) >= 11 is 0. The molecule has 1 saturated heterocycles. The molecule has 9 heteroatoms. The maximum absolute atomic E-state index is 13.9. The molecule has 9 nitrogen and oxygen atoms in total. The lowest BCUT2D eigenvalue weighted by Gasteiger charge is -2.30. The van der Waals surface area contributed by atoms with E-state index >= 15 is 0 Å². The molecule has 5 aromatic rings. The molecule has 2 fully saturated rings. The van der Waals surface area contributed by atoms with Crippen molar-refractivity contribution in [3.05, 3.63) is 95.3 Å². The Morgan fingerprint density at radius 2 is 1.83 bits per heavy atom. The van der Waals surface area contributed by atoms with Crippen LogP contribution in [0.25, 0.3) is 33.5 Å². The fraction of sp³-hybridized carbons (Fsp3) is 0.297. The number of carbonyl (C=O) groups is 2. The number of aromatic nitrogens is 3. The fourth-order valence-electron chi connectivity index (χ4n) is 6.88. The van der Waals surface area contributed by atoms with Gasteiger partial charge in [-0.25, -0.2) is 9.97 Å². The summed E-state index contributed by atoms with van der Waals surface area (Å²) in [6.07, 6.45) is 5.86. The third kappa shape index (κ3) is 5.10. The fourth-order valence-corrected chi connectivity index (χ4v) is 6.88. The number of nitrogens with two attached hydrogens (primary N) is 1. The largest absolute Gasteiger partial charge is 0.491 e. The molecule has 1 saturated carbocycles. The van der Waals surface area contributed by atoms with Gasteiger partial charge < -0.3 is 25.3 Å². The van der Waals surface area contributed by atoms with Crippen molar-refractivity contribution in [1.29, 1.82) is 0 Å². The lowest BCUT2D eigenvalue weighted by Crippen LogP contribution is -2.45. The summed E-state index contributed by atoms with van der Waals surface area (Å²) in [5, 5.41) is 0.878. The zero-order valence-electron chi connectivity index (χ0n) is 25.8. The number of ether oxygens (including phenoxy) is 1. The maximum Gasteiger partial charge on any atom is 0.262 e. The number of likely N-dealkylation sites (tertiary alicyclic amines) is 1. The number of H-pyrrole nitrogens is 1. The van der Waals surface area contributed by atoms with Gasteiger partial charge in [-0.3, -0.25) is 9.59 Å². The van der Waals surface area contributed by atoms with E-state index in [1.807, 2.05) is 65.3 Å². The monoisotopic (exact) mass is 612 g/mol. The Balaban J connectivity index is 1.09. The molecule has 0 radical (unpaired) electrons. The molecule has 2 amide bonds. The van der Waals surface area contributed by atoms with Crippen molar-refractivity contribution >= 4 is 28.5 Å². The van der Waals surface area contributed by atoms with Gasteiger partial charge in [-0.2, -0.15) is 0 Å². The Morgan fingerprint density at radius 1 is 0.978 bits per heavy atom. The summed E-state index contributed by atoms with van der Waals surface area (Å²) in [6, 6.07) is 21.8. The predicted octanol–water partition coefficient (Wildman–Crippen LogP) is 6.08. The van der Waals surface area contributed by atoms with Crippen molar-refractivity contribution in [2.24, 2.45) is 5.73 Å². The Morgan fingerprint density at radius 3 is 2.63 bits per heavy atom. The van der Waals surface area contributed by atoms with Crippen LogP contribution >= 0.6 is 0 Å². The van der Waals surface area contributed by atoms with E-state index in [-0.39, 0.29) is 17.9 Å². The zero-order valence-corrected chi connectivity index (χ0v) is 25.8. The van der Waals surface area contributed by atoms with E-state index in [0.717, 1.165) is 58.5 Å². The van der Waals surface area contributed by atoms with Crippen molar-refractivity contribution in [2.75, 3.05) is 31.1 Å². The highest BCUT2D eigenvalue weighted by Crippen LogP contribution is 2.42. The lowest BCUT2D eigenvalue weighted by atomic mass is 10.00.